The van der Waals surface area contributed by atoms with E-state index in [9.17, 15) is 4.79 Å². The summed E-state index contributed by atoms with van der Waals surface area (Å²) in [4.78, 5) is 15.1. The van der Waals surface area contributed by atoms with Crippen molar-refractivity contribution in [1.29, 1.82) is 0 Å². The minimum absolute atomic E-state index is 0.0151. The van der Waals surface area contributed by atoms with Crippen molar-refractivity contribution in [1.82, 2.24) is 10.1 Å². The highest BCUT2D eigenvalue weighted by Crippen LogP contribution is 2.25. The summed E-state index contributed by atoms with van der Waals surface area (Å²) >= 11 is 1.09. The van der Waals surface area contributed by atoms with Gasteiger partial charge in [0.1, 0.15) is 5.75 Å². The molecule has 7 nitrogen and oxygen atoms in total. The van der Waals surface area contributed by atoms with Crippen LogP contribution in [0, 0.1) is 0 Å². The predicted molar refractivity (Wildman–Crippen MR) is 67.6 cm³/mol. The summed E-state index contributed by atoms with van der Waals surface area (Å²) < 4.78 is 15.5. The lowest BCUT2D eigenvalue weighted by atomic mass is 10.4. The molecule has 3 aromatic heterocycles. The van der Waals surface area contributed by atoms with Gasteiger partial charge >= 0.3 is 5.97 Å². The molecule has 102 valence electrons. The third-order valence-corrected chi connectivity index (χ3v) is 3.26. The Morgan fingerprint density at radius 3 is 3.10 bits per heavy atom. The Labute approximate surface area is 116 Å². The van der Waals surface area contributed by atoms with Crippen molar-refractivity contribution in [3.8, 4) is 17.4 Å². The molecule has 0 bridgehead atoms. The molecule has 0 spiro atoms. The highest BCUT2D eigenvalue weighted by molar-refractivity contribution is 7.12. The van der Waals surface area contributed by atoms with Crippen LogP contribution in [0.15, 0.2) is 38.8 Å². The van der Waals surface area contributed by atoms with E-state index in [0.717, 1.165) is 11.3 Å². The van der Waals surface area contributed by atoms with Gasteiger partial charge in [-0.05, 0) is 23.6 Å². The molecule has 20 heavy (non-hydrogen) atoms. The van der Waals surface area contributed by atoms with Crippen molar-refractivity contribution < 1.29 is 23.6 Å². The first-order valence-corrected chi connectivity index (χ1v) is 6.42. The molecule has 3 heterocycles. The third kappa shape index (κ3) is 2.41. The Kier molecular flexibility index (Phi) is 3.21. The molecule has 0 aliphatic rings. The first-order chi connectivity index (χ1) is 9.74. The molecule has 0 aliphatic heterocycles. The highest BCUT2D eigenvalue weighted by atomic mass is 32.1. The molecular formula is C12H8N2O5S. The average Bonchev–Trinajstić information content (AvgIpc) is 3.16. The largest absolute Gasteiger partial charge is 0.484 e. The van der Waals surface area contributed by atoms with Gasteiger partial charge in [-0.25, -0.2) is 4.79 Å². The number of aromatic carboxylic acids is 1. The molecule has 3 aromatic rings. The van der Waals surface area contributed by atoms with Gasteiger partial charge < -0.3 is 18.8 Å². The molecule has 1 N–H and O–H groups in total. The average molecular weight is 292 g/mol. The summed E-state index contributed by atoms with van der Waals surface area (Å²) in [5.74, 6) is 0.271. The molecule has 0 saturated heterocycles. The van der Waals surface area contributed by atoms with Crippen LogP contribution in [0.25, 0.3) is 11.7 Å². The standard InChI is InChI=1S/C12H8N2O5S/c15-12(16)10-7(3-5-20-10)18-6-9-13-11(19-14-9)8-2-1-4-17-8/h1-5H,6H2,(H,15,16). The molecule has 0 atom stereocenters. The SMILES string of the molecule is O=C(O)c1sccc1OCc1noc(-c2ccco2)n1. The second-order valence-corrected chi connectivity index (χ2v) is 4.62. The van der Waals surface area contributed by atoms with Gasteiger partial charge in [-0.3, -0.25) is 0 Å². The Balaban J connectivity index is 1.70. The van der Waals surface area contributed by atoms with Crippen molar-refractivity contribution in [2.75, 3.05) is 0 Å². The highest BCUT2D eigenvalue weighted by Gasteiger charge is 2.15. The van der Waals surface area contributed by atoms with Crippen LogP contribution in [-0.2, 0) is 6.61 Å². The number of hydrogen-bond acceptors (Lipinski definition) is 7. The molecule has 0 aliphatic carbocycles. The van der Waals surface area contributed by atoms with Crippen molar-refractivity contribution in [3.05, 3.63) is 40.5 Å². The summed E-state index contributed by atoms with van der Waals surface area (Å²) in [6.07, 6.45) is 1.50. The Morgan fingerprint density at radius 1 is 1.45 bits per heavy atom. The van der Waals surface area contributed by atoms with Gasteiger partial charge in [0.05, 0.1) is 6.26 Å². The van der Waals surface area contributed by atoms with E-state index in [2.05, 4.69) is 10.1 Å². The summed E-state index contributed by atoms with van der Waals surface area (Å²) in [5.41, 5.74) is 0. The predicted octanol–water partition coefficient (Wildman–Crippen LogP) is 2.67. The number of carboxylic acid groups (broad SMARTS) is 1. The van der Waals surface area contributed by atoms with Crippen LogP contribution in [0.1, 0.15) is 15.5 Å². The van der Waals surface area contributed by atoms with E-state index in [1.54, 1.807) is 23.6 Å². The lowest BCUT2D eigenvalue weighted by Gasteiger charge is -2.01. The minimum Gasteiger partial charge on any atom is -0.484 e. The molecule has 8 heteroatoms. The summed E-state index contributed by atoms with van der Waals surface area (Å²) in [7, 11) is 0. The van der Waals surface area contributed by atoms with E-state index in [4.69, 9.17) is 18.8 Å². The van der Waals surface area contributed by atoms with Crippen molar-refractivity contribution >= 4 is 17.3 Å². The molecule has 0 unspecified atom stereocenters. The molecule has 0 fully saturated rings. The van der Waals surface area contributed by atoms with Gasteiger partial charge in [0.2, 0.25) is 5.82 Å². The van der Waals surface area contributed by atoms with E-state index >= 15 is 0 Å². The number of aromatic nitrogens is 2. The Bertz CT molecular complexity index is 716. The second kappa shape index (κ2) is 5.17. The van der Waals surface area contributed by atoms with Crippen LogP contribution in [0.4, 0.5) is 0 Å². The third-order valence-electron chi connectivity index (χ3n) is 2.38. The maximum absolute atomic E-state index is 10.9. The number of nitrogens with zero attached hydrogens (tertiary/aromatic N) is 2. The number of rotatable bonds is 5. The fourth-order valence-corrected chi connectivity index (χ4v) is 2.19. The van der Waals surface area contributed by atoms with E-state index < -0.39 is 5.97 Å². The zero-order valence-corrected chi connectivity index (χ0v) is 10.8. The quantitative estimate of drug-likeness (QED) is 0.771. The molecule has 0 saturated carbocycles. The number of furan rings is 1. The van der Waals surface area contributed by atoms with Gasteiger partial charge in [0, 0.05) is 0 Å². The zero-order chi connectivity index (χ0) is 13.9. The van der Waals surface area contributed by atoms with E-state index in [0.29, 0.717) is 11.6 Å². The fraction of sp³-hybridized carbons (Fsp3) is 0.0833. The number of ether oxygens (including phenoxy) is 1. The number of carbonyl (C=O) groups is 1. The van der Waals surface area contributed by atoms with Crippen molar-refractivity contribution in [2.45, 2.75) is 6.61 Å². The topological polar surface area (TPSA) is 98.6 Å². The van der Waals surface area contributed by atoms with Crippen molar-refractivity contribution in [3.63, 3.8) is 0 Å². The van der Waals surface area contributed by atoms with E-state index in [1.807, 2.05) is 0 Å². The number of hydrogen-bond donors (Lipinski definition) is 1. The Hall–Kier alpha value is -2.61. The summed E-state index contributed by atoms with van der Waals surface area (Å²) in [6.45, 7) is 0.0151. The van der Waals surface area contributed by atoms with E-state index in [1.165, 1.54) is 6.26 Å². The first kappa shape index (κ1) is 12.4. The first-order valence-electron chi connectivity index (χ1n) is 5.54. The molecule has 0 amide bonds. The zero-order valence-electron chi connectivity index (χ0n) is 9.98. The van der Waals surface area contributed by atoms with Gasteiger partial charge in [0.15, 0.2) is 17.2 Å². The van der Waals surface area contributed by atoms with Gasteiger partial charge in [-0.2, -0.15) is 4.98 Å². The normalized spacial score (nSPS) is 10.6. The summed E-state index contributed by atoms with van der Waals surface area (Å²) in [5, 5.41) is 14.3. The number of thiophene rings is 1. The molecule has 0 aromatic carbocycles. The lowest BCUT2D eigenvalue weighted by molar-refractivity contribution is 0.0697. The fourth-order valence-electron chi connectivity index (χ4n) is 1.52. The maximum atomic E-state index is 10.9. The van der Waals surface area contributed by atoms with Crippen molar-refractivity contribution in [2.24, 2.45) is 0 Å². The van der Waals surface area contributed by atoms with Crippen LogP contribution in [0.5, 0.6) is 5.75 Å². The monoisotopic (exact) mass is 292 g/mol. The molecule has 0 radical (unpaired) electrons. The lowest BCUT2D eigenvalue weighted by Crippen LogP contribution is -2.01. The summed E-state index contributed by atoms with van der Waals surface area (Å²) in [6, 6.07) is 4.99. The molecular weight excluding hydrogens is 284 g/mol. The van der Waals surface area contributed by atoms with Gasteiger partial charge in [-0.1, -0.05) is 5.16 Å². The van der Waals surface area contributed by atoms with Crippen LogP contribution in [0.2, 0.25) is 0 Å². The van der Waals surface area contributed by atoms with Gasteiger partial charge in [0.25, 0.3) is 5.89 Å². The minimum atomic E-state index is -1.03. The van der Waals surface area contributed by atoms with Crippen LogP contribution in [0.3, 0.4) is 0 Å². The van der Waals surface area contributed by atoms with Crippen LogP contribution >= 0.6 is 11.3 Å². The Morgan fingerprint density at radius 2 is 2.35 bits per heavy atom. The second-order valence-electron chi connectivity index (χ2n) is 3.70. The van der Waals surface area contributed by atoms with Crippen LogP contribution in [-0.4, -0.2) is 21.2 Å². The van der Waals surface area contributed by atoms with Gasteiger partial charge in [-0.15, -0.1) is 11.3 Å². The molecule has 3 rings (SSSR count). The maximum Gasteiger partial charge on any atom is 0.349 e. The smallest absolute Gasteiger partial charge is 0.349 e. The van der Waals surface area contributed by atoms with Crippen LogP contribution < -0.4 is 4.74 Å². The number of carboxylic acids is 1. The van der Waals surface area contributed by atoms with E-state index in [-0.39, 0.29) is 23.1 Å².